The number of rotatable bonds is 8. The molecule has 142 valence electrons. The Balaban J connectivity index is 1.80. The van der Waals surface area contributed by atoms with Gasteiger partial charge in [-0.15, -0.1) is 0 Å². The molecule has 8 heteroatoms. The highest BCUT2D eigenvalue weighted by Crippen LogP contribution is 2.20. The summed E-state index contributed by atoms with van der Waals surface area (Å²) in [5.74, 6) is 1.76. The fourth-order valence-corrected chi connectivity index (χ4v) is 3.23. The lowest BCUT2D eigenvalue weighted by atomic mass is 9.93. The average Bonchev–Trinajstić information content (AvgIpc) is 2.99. The van der Waals surface area contributed by atoms with Crippen LogP contribution in [0.15, 0.2) is 36.8 Å². The molecule has 7 nitrogen and oxygen atoms in total. The minimum atomic E-state index is 0.135. The van der Waals surface area contributed by atoms with Crippen LogP contribution in [0.5, 0.6) is 0 Å². The molecule has 0 bridgehead atoms. The van der Waals surface area contributed by atoms with E-state index in [-0.39, 0.29) is 5.41 Å². The smallest absolute Gasteiger partial charge is 0.153 e. The largest absolute Gasteiger partial charge is 0.369 e. The second kappa shape index (κ2) is 7.96. The molecule has 0 saturated heterocycles. The zero-order chi connectivity index (χ0) is 19.4. The van der Waals surface area contributed by atoms with Crippen molar-refractivity contribution in [1.29, 1.82) is 0 Å². The van der Waals surface area contributed by atoms with Crippen LogP contribution in [0.2, 0.25) is 0 Å². The van der Waals surface area contributed by atoms with E-state index in [1.54, 1.807) is 6.20 Å². The summed E-state index contributed by atoms with van der Waals surface area (Å²) in [7, 11) is 6.23. The zero-order valence-corrected chi connectivity index (χ0v) is 16.8. The van der Waals surface area contributed by atoms with Gasteiger partial charge < -0.3 is 15.5 Å². The lowest BCUT2D eigenvalue weighted by molar-refractivity contribution is 0.254. The second-order valence-electron chi connectivity index (χ2n) is 8.06. The van der Waals surface area contributed by atoms with Crippen molar-refractivity contribution in [3.8, 4) is 0 Å². The zero-order valence-electron chi connectivity index (χ0n) is 16.8. The summed E-state index contributed by atoms with van der Waals surface area (Å²) in [6.07, 6.45) is 5.49. The van der Waals surface area contributed by atoms with E-state index in [2.05, 4.69) is 59.6 Å². The molecule has 0 fully saturated rings. The topological polar surface area (TPSA) is 70.4 Å². The van der Waals surface area contributed by atoms with Gasteiger partial charge in [0.05, 0.1) is 0 Å². The van der Waals surface area contributed by atoms with Gasteiger partial charge in [0.1, 0.15) is 19.5 Å². The number of nitrogens with zero attached hydrogens (tertiary/aromatic N) is 5. The molecule has 3 aromatic rings. The van der Waals surface area contributed by atoms with Gasteiger partial charge in [0.25, 0.3) is 0 Å². The van der Waals surface area contributed by atoms with Crippen molar-refractivity contribution in [1.82, 2.24) is 24.5 Å². The van der Waals surface area contributed by atoms with Gasteiger partial charge in [-0.3, -0.25) is 4.98 Å². The third kappa shape index (κ3) is 4.98. The SMILES string of the molecule is Bc1cnn2c(NCc3cccnc3)cc(NCC(C)(C)CN(C)C)nc12. The first-order chi connectivity index (χ1) is 12.8. The molecule has 3 rings (SSSR count). The maximum atomic E-state index is 4.76. The number of fused-ring (bicyclic) bond motifs is 1. The maximum absolute atomic E-state index is 4.76. The van der Waals surface area contributed by atoms with Crippen molar-refractivity contribution >= 4 is 30.6 Å². The third-order valence-electron chi connectivity index (χ3n) is 4.34. The quantitative estimate of drug-likeness (QED) is 0.581. The molecule has 27 heavy (non-hydrogen) atoms. The summed E-state index contributed by atoms with van der Waals surface area (Å²) in [4.78, 5) is 11.1. The van der Waals surface area contributed by atoms with Gasteiger partial charge in [-0.1, -0.05) is 19.9 Å². The first kappa shape index (κ1) is 19.2. The van der Waals surface area contributed by atoms with Gasteiger partial charge in [0.15, 0.2) is 5.65 Å². The van der Waals surface area contributed by atoms with Crippen molar-refractivity contribution in [3.05, 3.63) is 42.4 Å². The van der Waals surface area contributed by atoms with E-state index in [4.69, 9.17) is 4.98 Å². The van der Waals surface area contributed by atoms with Crippen molar-refractivity contribution in [2.24, 2.45) is 5.41 Å². The average molecular weight is 365 g/mol. The number of hydrogen-bond acceptors (Lipinski definition) is 6. The Morgan fingerprint density at radius 2 is 2.04 bits per heavy atom. The van der Waals surface area contributed by atoms with Gasteiger partial charge in [-0.05, 0) is 36.6 Å². The Morgan fingerprint density at radius 1 is 1.22 bits per heavy atom. The second-order valence-corrected chi connectivity index (χ2v) is 8.06. The van der Waals surface area contributed by atoms with E-state index >= 15 is 0 Å². The Labute approximate surface area is 161 Å². The maximum Gasteiger partial charge on any atom is 0.153 e. The van der Waals surface area contributed by atoms with Crippen LogP contribution in [0.25, 0.3) is 5.65 Å². The molecular formula is C19H28BN7. The first-order valence-electron chi connectivity index (χ1n) is 9.21. The number of pyridine rings is 1. The van der Waals surface area contributed by atoms with Crippen molar-refractivity contribution < 1.29 is 0 Å². The van der Waals surface area contributed by atoms with Gasteiger partial charge in [0.2, 0.25) is 0 Å². The molecule has 0 radical (unpaired) electrons. The van der Waals surface area contributed by atoms with E-state index in [1.807, 2.05) is 36.9 Å². The highest BCUT2D eigenvalue weighted by molar-refractivity contribution is 6.36. The van der Waals surface area contributed by atoms with Gasteiger partial charge >= 0.3 is 0 Å². The fraction of sp³-hybridized carbons (Fsp3) is 0.421. The number of nitrogens with one attached hydrogen (secondary N) is 2. The van der Waals surface area contributed by atoms with E-state index in [0.717, 1.165) is 41.4 Å². The minimum Gasteiger partial charge on any atom is -0.369 e. The lowest BCUT2D eigenvalue weighted by Crippen LogP contribution is -2.34. The first-order valence-corrected chi connectivity index (χ1v) is 9.21. The summed E-state index contributed by atoms with van der Waals surface area (Å²) in [6, 6.07) is 6.01. The fourth-order valence-electron chi connectivity index (χ4n) is 3.23. The summed E-state index contributed by atoms with van der Waals surface area (Å²) < 4.78 is 1.85. The molecule has 0 aliphatic carbocycles. The number of anilines is 2. The van der Waals surface area contributed by atoms with Crippen LogP contribution in [0.1, 0.15) is 19.4 Å². The lowest BCUT2D eigenvalue weighted by Gasteiger charge is -2.28. The highest BCUT2D eigenvalue weighted by Gasteiger charge is 2.19. The van der Waals surface area contributed by atoms with Crippen LogP contribution < -0.4 is 16.1 Å². The normalized spacial score (nSPS) is 11.9. The molecule has 3 heterocycles. The van der Waals surface area contributed by atoms with E-state index < -0.39 is 0 Å². The molecule has 0 aliphatic heterocycles. The van der Waals surface area contributed by atoms with Gasteiger partial charge in [-0.25, -0.2) is 4.98 Å². The Hall–Kier alpha value is -2.61. The van der Waals surface area contributed by atoms with Crippen LogP contribution in [0.3, 0.4) is 0 Å². The summed E-state index contributed by atoms with van der Waals surface area (Å²) in [5.41, 5.74) is 3.17. The third-order valence-corrected chi connectivity index (χ3v) is 4.34. The van der Waals surface area contributed by atoms with E-state index in [1.165, 1.54) is 0 Å². The summed E-state index contributed by atoms with van der Waals surface area (Å²) in [6.45, 7) is 7.02. The monoisotopic (exact) mass is 365 g/mol. The van der Waals surface area contributed by atoms with E-state index in [9.17, 15) is 0 Å². The molecule has 0 aliphatic rings. The van der Waals surface area contributed by atoms with Crippen molar-refractivity contribution in [3.63, 3.8) is 0 Å². The van der Waals surface area contributed by atoms with Gasteiger partial charge in [-0.2, -0.15) is 9.61 Å². The minimum absolute atomic E-state index is 0.135. The Kier molecular flexibility index (Phi) is 5.65. The molecule has 0 unspecified atom stereocenters. The van der Waals surface area contributed by atoms with Crippen LogP contribution in [0.4, 0.5) is 11.6 Å². The van der Waals surface area contributed by atoms with E-state index in [0.29, 0.717) is 6.54 Å². The van der Waals surface area contributed by atoms with Crippen molar-refractivity contribution in [2.45, 2.75) is 20.4 Å². The van der Waals surface area contributed by atoms with Gasteiger partial charge in [0, 0.05) is 44.3 Å². The molecule has 0 aromatic carbocycles. The highest BCUT2D eigenvalue weighted by atomic mass is 15.3. The standard InChI is InChI=1S/C19H28BN7/c1-19(2,13-26(3)4)12-23-16-8-17(22-10-14-6-5-7-21-9-14)27-18(25-16)15(20)11-24-27/h5-9,11,22H,10,12-13,20H2,1-4H3,(H,23,25). The Morgan fingerprint density at radius 3 is 2.74 bits per heavy atom. The summed E-state index contributed by atoms with van der Waals surface area (Å²) in [5, 5.41) is 11.4. The number of aromatic nitrogens is 4. The Bertz CT molecular complexity index is 890. The predicted molar refractivity (Wildman–Crippen MR) is 114 cm³/mol. The molecule has 0 amide bonds. The van der Waals surface area contributed by atoms with Crippen LogP contribution in [-0.2, 0) is 6.54 Å². The predicted octanol–water partition coefficient (Wildman–Crippen LogP) is 0.994. The molecule has 3 aromatic heterocycles. The van der Waals surface area contributed by atoms with Crippen LogP contribution in [0, 0.1) is 5.41 Å². The molecule has 0 atom stereocenters. The van der Waals surface area contributed by atoms with Crippen LogP contribution in [-0.4, -0.2) is 59.5 Å². The van der Waals surface area contributed by atoms with Crippen molar-refractivity contribution in [2.75, 3.05) is 37.8 Å². The van der Waals surface area contributed by atoms with Crippen LogP contribution >= 0.6 is 0 Å². The number of hydrogen-bond donors (Lipinski definition) is 2. The molecule has 2 N–H and O–H groups in total. The molecule has 0 saturated carbocycles. The molecule has 0 spiro atoms. The molecular weight excluding hydrogens is 337 g/mol. The summed E-state index contributed by atoms with van der Waals surface area (Å²) >= 11 is 0.